The number of aromatic nitrogens is 2. The van der Waals surface area contributed by atoms with Crippen molar-refractivity contribution in [3.05, 3.63) is 39.3 Å². The third-order valence-electron chi connectivity index (χ3n) is 2.37. The van der Waals surface area contributed by atoms with Gasteiger partial charge in [0.15, 0.2) is 0 Å². The summed E-state index contributed by atoms with van der Waals surface area (Å²) in [5.74, 6) is 0.776. The van der Waals surface area contributed by atoms with Crippen LogP contribution in [0.2, 0.25) is 0 Å². The predicted octanol–water partition coefficient (Wildman–Crippen LogP) is 2.76. The van der Waals surface area contributed by atoms with Gasteiger partial charge in [0.05, 0.1) is 10.6 Å². The van der Waals surface area contributed by atoms with E-state index in [1.165, 1.54) is 5.56 Å². The SMILES string of the molecule is CCCc1nc(-c2sccc2C)cc(=O)[nH]1. The zero-order chi connectivity index (χ0) is 11.5. The van der Waals surface area contributed by atoms with Crippen molar-refractivity contribution < 1.29 is 0 Å². The lowest BCUT2D eigenvalue weighted by molar-refractivity contribution is 0.828. The zero-order valence-corrected chi connectivity index (χ0v) is 10.2. The first-order chi connectivity index (χ1) is 7.70. The van der Waals surface area contributed by atoms with E-state index < -0.39 is 0 Å². The molecule has 2 rings (SSSR count). The molecule has 0 amide bonds. The molecule has 0 aliphatic heterocycles. The highest BCUT2D eigenvalue weighted by Crippen LogP contribution is 2.26. The van der Waals surface area contributed by atoms with Gasteiger partial charge in [0, 0.05) is 12.5 Å². The molecule has 16 heavy (non-hydrogen) atoms. The summed E-state index contributed by atoms with van der Waals surface area (Å²) in [6.45, 7) is 4.11. The Bertz CT molecular complexity index is 542. The Morgan fingerprint density at radius 1 is 1.50 bits per heavy atom. The Balaban J connectivity index is 2.49. The topological polar surface area (TPSA) is 45.8 Å². The van der Waals surface area contributed by atoms with Crippen molar-refractivity contribution in [1.82, 2.24) is 9.97 Å². The maximum atomic E-state index is 11.5. The number of hydrogen-bond acceptors (Lipinski definition) is 3. The number of rotatable bonds is 3. The molecule has 0 unspecified atom stereocenters. The van der Waals surface area contributed by atoms with Crippen LogP contribution in [0.5, 0.6) is 0 Å². The summed E-state index contributed by atoms with van der Waals surface area (Å²) >= 11 is 1.62. The van der Waals surface area contributed by atoms with Gasteiger partial charge in [-0.15, -0.1) is 11.3 Å². The fraction of sp³-hybridized carbons (Fsp3) is 0.333. The van der Waals surface area contributed by atoms with Crippen LogP contribution in [0.15, 0.2) is 22.3 Å². The highest BCUT2D eigenvalue weighted by Gasteiger charge is 2.07. The van der Waals surface area contributed by atoms with Crippen molar-refractivity contribution in [2.75, 3.05) is 0 Å². The Kier molecular flexibility index (Phi) is 3.19. The molecule has 0 aliphatic rings. The van der Waals surface area contributed by atoms with Crippen molar-refractivity contribution >= 4 is 11.3 Å². The molecule has 0 saturated heterocycles. The van der Waals surface area contributed by atoms with E-state index in [0.717, 1.165) is 29.2 Å². The second kappa shape index (κ2) is 4.61. The van der Waals surface area contributed by atoms with E-state index in [1.54, 1.807) is 17.4 Å². The van der Waals surface area contributed by atoms with Gasteiger partial charge >= 0.3 is 0 Å². The molecule has 2 aromatic heterocycles. The van der Waals surface area contributed by atoms with Crippen LogP contribution in [-0.2, 0) is 6.42 Å². The van der Waals surface area contributed by atoms with Gasteiger partial charge in [0.25, 0.3) is 5.56 Å². The quantitative estimate of drug-likeness (QED) is 0.887. The molecule has 0 bridgehead atoms. The van der Waals surface area contributed by atoms with Gasteiger partial charge in [-0.05, 0) is 30.4 Å². The second-order valence-electron chi connectivity index (χ2n) is 3.76. The summed E-state index contributed by atoms with van der Waals surface area (Å²) in [6, 6.07) is 3.61. The van der Waals surface area contributed by atoms with Gasteiger partial charge in [0.1, 0.15) is 5.82 Å². The first-order valence-corrected chi connectivity index (χ1v) is 6.23. The van der Waals surface area contributed by atoms with Crippen molar-refractivity contribution in [2.45, 2.75) is 26.7 Å². The third-order valence-corrected chi connectivity index (χ3v) is 3.41. The Hall–Kier alpha value is -1.42. The standard InChI is InChI=1S/C12H14N2OS/c1-3-4-10-13-9(7-11(15)14-10)12-8(2)5-6-16-12/h5-7H,3-4H2,1-2H3,(H,13,14,15). The largest absolute Gasteiger partial charge is 0.311 e. The van der Waals surface area contributed by atoms with Crippen LogP contribution in [-0.4, -0.2) is 9.97 Å². The van der Waals surface area contributed by atoms with Crippen LogP contribution in [0.3, 0.4) is 0 Å². The molecule has 0 radical (unpaired) electrons. The number of hydrogen-bond donors (Lipinski definition) is 1. The fourth-order valence-electron chi connectivity index (χ4n) is 1.61. The van der Waals surface area contributed by atoms with Crippen LogP contribution in [0.4, 0.5) is 0 Å². The van der Waals surface area contributed by atoms with E-state index in [0.29, 0.717) is 0 Å². The minimum absolute atomic E-state index is 0.0683. The van der Waals surface area contributed by atoms with E-state index in [4.69, 9.17) is 0 Å². The highest BCUT2D eigenvalue weighted by atomic mass is 32.1. The first-order valence-electron chi connectivity index (χ1n) is 5.35. The molecule has 84 valence electrons. The monoisotopic (exact) mass is 234 g/mol. The van der Waals surface area contributed by atoms with Crippen LogP contribution in [0.1, 0.15) is 24.7 Å². The van der Waals surface area contributed by atoms with Crippen LogP contribution < -0.4 is 5.56 Å². The van der Waals surface area contributed by atoms with Gasteiger partial charge in [-0.2, -0.15) is 0 Å². The maximum absolute atomic E-state index is 11.5. The van der Waals surface area contributed by atoms with Crippen LogP contribution in [0.25, 0.3) is 10.6 Å². The minimum atomic E-state index is -0.0683. The second-order valence-corrected chi connectivity index (χ2v) is 4.68. The summed E-state index contributed by atoms with van der Waals surface area (Å²) in [6.07, 6.45) is 1.79. The Morgan fingerprint density at radius 2 is 2.31 bits per heavy atom. The van der Waals surface area contributed by atoms with Gasteiger partial charge < -0.3 is 4.98 Å². The van der Waals surface area contributed by atoms with E-state index in [1.807, 2.05) is 18.4 Å². The van der Waals surface area contributed by atoms with Crippen molar-refractivity contribution in [1.29, 1.82) is 0 Å². The lowest BCUT2D eigenvalue weighted by Crippen LogP contribution is -2.10. The fourth-order valence-corrected chi connectivity index (χ4v) is 2.50. The Morgan fingerprint density at radius 3 is 2.94 bits per heavy atom. The van der Waals surface area contributed by atoms with Crippen LogP contribution in [0, 0.1) is 6.92 Å². The van der Waals surface area contributed by atoms with Crippen molar-refractivity contribution in [2.24, 2.45) is 0 Å². The van der Waals surface area contributed by atoms with E-state index in [2.05, 4.69) is 16.9 Å². The molecule has 2 heterocycles. The van der Waals surface area contributed by atoms with Crippen LogP contribution >= 0.6 is 11.3 Å². The molecule has 0 atom stereocenters. The smallest absolute Gasteiger partial charge is 0.251 e. The summed E-state index contributed by atoms with van der Waals surface area (Å²) < 4.78 is 0. The first kappa shape index (κ1) is 11.1. The molecule has 4 heteroatoms. The van der Waals surface area contributed by atoms with Crippen molar-refractivity contribution in [3.63, 3.8) is 0 Å². The normalized spacial score (nSPS) is 10.6. The van der Waals surface area contributed by atoms with Gasteiger partial charge in [0.2, 0.25) is 0 Å². The molecule has 0 fully saturated rings. The van der Waals surface area contributed by atoms with E-state index in [-0.39, 0.29) is 5.56 Å². The number of thiophene rings is 1. The highest BCUT2D eigenvalue weighted by molar-refractivity contribution is 7.13. The number of nitrogens with zero attached hydrogens (tertiary/aromatic N) is 1. The average molecular weight is 234 g/mol. The van der Waals surface area contributed by atoms with Gasteiger partial charge in [-0.25, -0.2) is 4.98 Å². The van der Waals surface area contributed by atoms with Crippen molar-refractivity contribution in [3.8, 4) is 10.6 Å². The minimum Gasteiger partial charge on any atom is -0.311 e. The molecule has 0 saturated carbocycles. The summed E-state index contributed by atoms with van der Waals surface area (Å²) in [4.78, 5) is 19.8. The predicted molar refractivity (Wildman–Crippen MR) is 66.9 cm³/mol. The molecule has 0 aromatic carbocycles. The molecule has 2 aromatic rings. The van der Waals surface area contributed by atoms with Gasteiger partial charge in [-0.3, -0.25) is 4.79 Å². The molecular weight excluding hydrogens is 220 g/mol. The summed E-state index contributed by atoms with van der Waals surface area (Å²) in [7, 11) is 0. The molecule has 3 nitrogen and oxygen atoms in total. The number of H-pyrrole nitrogens is 1. The summed E-state index contributed by atoms with van der Waals surface area (Å²) in [5, 5.41) is 2.02. The number of nitrogens with one attached hydrogen (secondary N) is 1. The molecule has 0 spiro atoms. The van der Waals surface area contributed by atoms with E-state index in [9.17, 15) is 4.79 Å². The molecule has 1 N–H and O–H groups in total. The Labute approximate surface area is 98.2 Å². The molecule has 0 aliphatic carbocycles. The average Bonchev–Trinajstić information content (AvgIpc) is 2.64. The lowest BCUT2D eigenvalue weighted by Gasteiger charge is -2.02. The summed E-state index contributed by atoms with van der Waals surface area (Å²) in [5.41, 5.74) is 1.89. The number of aromatic amines is 1. The maximum Gasteiger partial charge on any atom is 0.251 e. The zero-order valence-electron chi connectivity index (χ0n) is 9.41. The van der Waals surface area contributed by atoms with E-state index >= 15 is 0 Å². The lowest BCUT2D eigenvalue weighted by atomic mass is 10.2. The molecular formula is C12H14N2OS. The third kappa shape index (κ3) is 2.22. The number of aryl methyl sites for hydroxylation is 2. The van der Waals surface area contributed by atoms with Gasteiger partial charge in [-0.1, -0.05) is 6.92 Å².